The number of hydrogen-bond acceptors (Lipinski definition) is 4. The summed E-state index contributed by atoms with van der Waals surface area (Å²) in [4.78, 5) is 23.4. The largest absolute Gasteiger partial charge is 0.459 e. The molecule has 0 N–H and O–H groups in total. The molecule has 0 amide bonds. The van der Waals surface area contributed by atoms with Crippen LogP contribution in [0.5, 0.6) is 0 Å². The van der Waals surface area contributed by atoms with Crippen LogP contribution < -0.4 is 0 Å². The standard InChI is InChI=1S/C23H32O4/c1-16(2)22(25)26-20-13-11-19(12-14-20)18-9-6-17(7-10-18)8-15-21(24)27-23(3,4)5/h6-9,15,18-20H,1,10-14H2,2-5H3/b15-8+/t18-,19?,20?/m0/s1. The molecule has 4 nitrogen and oxygen atoms in total. The van der Waals surface area contributed by atoms with E-state index in [-0.39, 0.29) is 18.0 Å². The Bertz CT molecular complexity index is 652. The molecule has 0 aromatic rings. The van der Waals surface area contributed by atoms with Crippen LogP contribution in [0, 0.1) is 11.8 Å². The van der Waals surface area contributed by atoms with Gasteiger partial charge in [-0.05, 0) is 83.3 Å². The van der Waals surface area contributed by atoms with Crippen molar-refractivity contribution in [3.05, 3.63) is 48.1 Å². The molecule has 0 saturated heterocycles. The molecule has 0 bridgehead atoms. The second-order valence-electron chi connectivity index (χ2n) is 8.55. The van der Waals surface area contributed by atoms with Gasteiger partial charge >= 0.3 is 11.9 Å². The normalized spacial score (nSPS) is 25.8. The van der Waals surface area contributed by atoms with E-state index in [2.05, 4.69) is 24.8 Å². The summed E-state index contributed by atoms with van der Waals surface area (Å²) in [5, 5.41) is 0. The Labute approximate surface area is 163 Å². The van der Waals surface area contributed by atoms with Gasteiger partial charge in [-0.15, -0.1) is 0 Å². The Morgan fingerprint density at radius 1 is 1.19 bits per heavy atom. The molecule has 1 fully saturated rings. The van der Waals surface area contributed by atoms with Gasteiger partial charge in [0.1, 0.15) is 11.7 Å². The third kappa shape index (κ3) is 7.20. The SMILES string of the molecule is C=C(C)C(=O)OC1CCC([C@H]2C=CC(/C=C/C(=O)OC(C)(C)C)=CC2)CC1. The molecular weight excluding hydrogens is 340 g/mol. The topological polar surface area (TPSA) is 52.6 Å². The van der Waals surface area contributed by atoms with E-state index in [1.54, 1.807) is 6.92 Å². The average Bonchev–Trinajstić information content (AvgIpc) is 2.59. The predicted octanol–water partition coefficient (Wildman–Crippen LogP) is 5.06. The van der Waals surface area contributed by atoms with Crippen molar-refractivity contribution in [2.75, 3.05) is 0 Å². The molecule has 2 rings (SSSR count). The van der Waals surface area contributed by atoms with Crippen LogP contribution in [0.25, 0.3) is 0 Å². The summed E-state index contributed by atoms with van der Waals surface area (Å²) in [6, 6.07) is 0. The van der Waals surface area contributed by atoms with Gasteiger partial charge in [0.25, 0.3) is 0 Å². The molecule has 27 heavy (non-hydrogen) atoms. The summed E-state index contributed by atoms with van der Waals surface area (Å²) < 4.78 is 10.8. The fourth-order valence-electron chi connectivity index (χ4n) is 3.51. The summed E-state index contributed by atoms with van der Waals surface area (Å²) in [5.41, 5.74) is 1.03. The summed E-state index contributed by atoms with van der Waals surface area (Å²) in [7, 11) is 0. The maximum Gasteiger partial charge on any atom is 0.333 e. The van der Waals surface area contributed by atoms with Crippen LogP contribution in [0.2, 0.25) is 0 Å². The highest BCUT2D eigenvalue weighted by molar-refractivity contribution is 5.87. The molecule has 0 radical (unpaired) electrons. The molecule has 0 spiro atoms. The first-order valence-corrected chi connectivity index (χ1v) is 9.80. The van der Waals surface area contributed by atoms with Crippen molar-refractivity contribution in [1.82, 2.24) is 0 Å². The Kier molecular flexibility index (Phi) is 7.23. The fourth-order valence-corrected chi connectivity index (χ4v) is 3.51. The first-order valence-electron chi connectivity index (χ1n) is 9.80. The van der Waals surface area contributed by atoms with Crippen molar-refractivity contribution in [3.63, 3.8) is 0 Å². The minimum atomic E-state index is -0.471. The van der Waals surface area contributed by atoms with Gasteiger partial charge in [0, 0.05) is 11.6 Å². The van der Waals surface area contributed by atoms with E-state index in [0.29, 0.717) is 17.4 Å². The Morgan fingerprint density at radius 3 is 2.37 bits per heavy atom. The van der Waals surface area contributed by atoms with E-state index in [1.165, 1.54) is 6.08 Å². The van der Waals surface area contributed by atoms with Gasteiger partial charge in [-0.25, -0.2) is 9.59 Å². The number of esters is 2. The lowest BCUT2D eigenvalue weighted by Gasteiger charge is -2.33. The van der Waals surface area contributed by atoms with E-state index in [1.807, 2.05) is 26.8 Å². The molecule has 1 saturated carbocycles. The average molecular weight is 373 g/mol. The third-order valence-corrected chi connectivity index (χ3v) is 4.93. The highest BCUT2D eigenvalue weighted by Gasteiger charge is 2.28. The van der Waals surface area contributed by atoms with Gasteiger partial charge in [-0.2, -0.15) is 0 Å². The molecule has 0 aromatic heterocycles. The lowest BCUT2D eigenvalue weighted by Crippen LogP contribution is -2.27. The number of ether oxygens (including phenoxy) is 2. The zero-order chi connectivity index (χ0) is 20.0. The van der Waals surface area contributed by atoms with Gasteiger partial charge in [0.2, 0.25) is 0 Å². The molecule has 0 aromatic carbocycles. The quantitative estimate of drug-likeness (QED) is 0.500. The molecule has 148 valence electrons. The monoisotopic (exact) mass is 372 g/mol. The first-order chi connectivity index (χ1) is 12.6. The van der Waals surface area contributed by atoms with E-state index >= 15 is 0 Å². The molecular formula is C23H32O4. The predicted molar refractivity (Wildman–Crippen MR) is 107 cm³/mol. The minimum absolute atomic E-state index is 0.0286. The van der Waals surface area contributed by atoms with E-state index in [0.717, 1.165) is 37.7 Å². The van der Waals surface area contributed by atoms with E-state index < -0.39 is 5.60 Å². The van der Waals surface area contributed by atoms with Crippen molar-refractivity contribution in [1.29, 1.82) is 0 Å². The Hall–Kier alpha value is -2.10. The van der Waals surface area contributed by atoms with Crippen molar-refractivity contribution < 1.29 is 19.1 Å². The number of hydrogen-bond donors (Lipinski definition) is 0. The van der Waals surface area contributed by atoms with E-state index in [4.69, 9.17) is 9.47 Å². The van der Waals surface area contributed by atoms with Crippen LogP contribution in [0.15, 0.2) is 48.1 Å². The fraction of sp³-hybridized carbons (Fsp3) is 0.565. The first kappa shape index (κ1) is 21.2. The molecule has 0 aliphatic heterocycles. The van der Waals surface area contributed by atoms with Crippen LogP contribution in [0.3, 0.4) is 0 Å². The van der Waals surface area contributed by atoms with Gasteiger partial charge in [0.15, 0.2) is 0 Å². The number of rotatable bonds is 5. The summed E-state index contributed by atoms with van der Waals surface area (Å²) in [5.74, 6) is 0.539. The molecule has 4 heteroatoms. The third-order valence-electron chi connectivity index (χ3n) is 4.93. The Balaban J connectivity index is 1.77. The number of carbonyl (C=O) groups excluding carboxylic acids is 2. The van der Waals surface area contributed by atoms with Gasteiger partial charge in [-0.1, -0.05) is 24.8 Å². The number of carbonyl (C=O) groups is 2. The summed E-state index contributed by atoms with van der Waals surface area (Å²) >= 11 is 0. The van der Waals surface area contributed by atoms with Crippen LogP contribution in [0.4, 0.5) is 0 Å². The minimum Gasteiger partial charge on any atom is -0.459 e. The second-order valence-corrected chi connectivity index (χ2v) is 8.55. The maximum atomic E-state index is 11.8. The van der Waals surface area contributed by atoms with Crippen molar-refractivity contribution in [2.45, 2.75) is 71.5 Å². The second kappa shape index (κ2) is 9.20. The molecule has 0 heterocycles. The van der Waals surface area contributed by atoms with Crippen molar-refractivity contribution in [3.8, 4) is 0 Å². The number of allylic oxidation sites excluding steroid dienone is 5. The molecule has 2 aliphatic carbocycles. The lowest BCUT2D eigenvalue weighted by molar-refractivity contribution is -0.148. The Morgan fingerprint density at radius 2 is 1.85 bits per heavy atom. The lowest BCUT2D eigenvalue weighted by atomic mass is 9.76. The highest BCUT2D eigenvalue weighted by Crippen LogP contribution is 2.36. The van der Waals surface area contributed by atoms with Crippen LogP contribution in [0.1, 0.15) is 59.8 Å². The van der Waals surface area contributed by atoms with Gasteiger partial charge in [-0.3, -0.25) is 0 Å². The zero-order valence-electron chi connectivity index (χ0n) is 17.0. The zero-order valence-corrected chi connectivity index (χ0v) is 17.0. The molecule has 2 aliphatic rings. The summed E-state index contributed by atoms with van der Waals surface area (Å²) in [6.45, 7) is 10.9. The van der Waals surface area contributed by atoms with Crippen molar-refractivity contribution in [2.24, 2.45) is 11.8 Å². The smallest absolute Gasteiger partial charge is 0.333 e. The van der Waals surface area contributed by atoms with E-state index in [9.17, 15) is 9.59 Å². The summed E-state index contributed by atoms with van der Waals surface area (Å²) in [6.07, 6.45) is 14.8. The molecule has 0 unspecified atom stereocenters. The van der Waals surface area contributed by atoms with Gasteiger partial charge in [0.05, 0.1) is 0 Å². The van der Waals surface area contributed by atoms with Crippen LogP contribution in [-0.2, 0) is 19.1 Å². The maximum absolute atomic E-state index is 11.8. The van der Waals surface area contributed by atoms with Crippen LogP contribution in [-0.4, -0.2) is 23.6 Å². The van der Waals surface area contributed by atoms with Crippen molar-refractivity contribution >= 4 is 11.9 Å². The molecule has 1 atom stereocenters. The van der Waals surface area contributed by atoms with Gasteiger partial charge < -0.3 is 9.47 Å². The highest BCUT2D eigenvalue weighted by atomic mass is 16.6. The van der Waals surface area contributed by atoms with Crippen LogP contribution >= 0.6 is 0 Å².